The first-order valence-corrected chi connectivity index (χ1v) is 8.26. The van der Waals surface area contributed by atoms with Crippen molar-refractivity contribution in [3.63, 3.8) is 0 Å². The summed E-state index contributed by atoms with van der Waals surface area (Å²) in [6, 6.07) is 6.18. The SMILES string of the molecule is C[C@H]1COCCN1CC(=O)Nc1ccnn1Cc1cccs1. The van der Waals surface area contributed by atoms with E-state index in [9.17, 15) is 4.79 Å². The molecule has 1 N–H and O–H groups in total. The zero-order valence-electron chi connectivity index (χ0n) is 12.6. The molecule has 7 heteroatoms. The van der Waals surface area contributed by atoms with Gasteiger partial charge in [0.1, 0.15) is 5.82 Å². The van der Waals surface area contributed by atoms with E-state index in [1.165, 1.54) is 4.88 Å². The Labute approximate surface area is 133 Å². The maximum Gasteiger partial charge on any atom is 0.239 e. The fourth-order valence-electron chi connectivity index (χ4n) is 2.48. The lowest BCUT2D eigenvalue weighted by atomic mass is 10.2. The summed E-state index contributed by atoms with van der Waals surface area (Å²) < 4.78 is 7.20. The summed E-state index contributed by atoms with van der Waals surface area (Å²) in [6.45, 7) is 5.30. The highest BCUT2D eigenvalue weighted by atomic mass is 32.1. The molecule has 1 atom stereocenters. The van der Waals surface area contributed by atoms with E-state index in [1.807, 2.05) is 22.2 Å². The Morgan fingerprint density at radius 3 is 3.23 bits per heavy atom. The van der Waals surface area contributed by atoms with Crippen molar-refractivity contribution in [3.05, 3.63) is 34.7 Å². The molecule has 0 aromatic carbocycles. The molecule has 3 heterocycles. The molecule has 2 aromatic heterocycles. The molecule has 1 aliphatic rings. The number of amides is 1. The summed E-state index contributed by atoms with van der Waals surface area (Å²) in [5.74, 6) is 0.723. The largest absolute Gasteiger partial charge is 0.379 e. The third-order valence-corrected chi connectivity index (χ3v) is 4.58. The molecule has 0 aliphatic carbocycles. The molecule has 1 amide bonds. The molecule has 0 radical (unpaired) electrons. The van der Waals surface area contributed by atoms with Gasteiger partial charge in [-0.05, 0) is 18.4 Å². The summed E-state index contributed by atoms with van der Waals surface area (Å²) in [4.78, 5) is 15.6. The lowest BCUT2D eigenvalue weighted by Crippen LogP contribution is -2.47. The number of carbonyl (C=O) groups is 1. The molecule has 6 nitrogen and oxygen atoms in total. The number of morpholine rings is 1. The molecule has 1 aliphatic heterocycles. The van der Waals surface area contributed by atoms with Crippen molar-refractivity contribution in [3.8, 4) is 0 Å². The van der Waals surface area contributed by atoms with Crippen LogP contribution in [0.5, 0.6) is 0 Å². The first-order chi connectivity index (χ1) is 10.7. The van der Waals surface area contributed by atoms with E-state index >= 15 is 0 Å². The van der Waals surface area contributed by atoms with Crippen LogP contribution in [0.3, 0.4) is 0 Å². The van der Waals surface area contributed by atoms with E-state index in [-0.39, 0.29) is 11.9 Å². The van der Waals surface area contributed by atoms with Gasteiger partial charge < -0.3 is 10.1 Å². The number of hydrogen-bond donors (Lipinski definition) is 1. The Hall–Kier alpha value is -1.70. The quantitative estimate of drug-likeness (QED) is 0.910. The van der Waals surface area contributed by atoms with Crippen molar-refractivity contribution >= 4 is 23.1 Å². The second kappa shape index (κ2) is 7.04. The van der Waals surface area contributed by atoms with Crippen LogP contribution in [0.4, 0.5) is 5.82 Å². The first kappa shape index (κ1) is 15.2. The predicted octanol–water partition coefficient (Wildman–Crippen LogP) is 1.65. The van der Waals surface area contributed by atoms with Crippen LogP contribution < -0.4 is 5.32 Å². The molecule has 0 spiro atoms. The van der Waals surface area contributed by atoms with Crippen LogP contribution in [0.15, 0.2) is 29.8 Å². The van der Waals surface area contributed by atoms with Crippen LogP contribution in [0.1, 0.15) is 11.8 Å². The Morgan fingerprint density at radius 2 is 2.45 bits per heavy atom. The molecule has 0 saturated carbocycles. The van der Waals surface area contributed by atoms with Gasteiger partial charge in [-0.15, -0.1) is 11.3 Å². The maximum absolute atomic E-state index is 12.2. The molecular weight excluding hydrogens is 300 g/mol. The van der Waals surface area contributed by atoms with Crippen molar-refractivity contribution in [2.24, 2.45) is 0 Å². The van der Waals surface area contributed by atoms with Crippen molar-refractivity contribution in [1.82, 2.24) is 14.7 Å². The van der Waals surface area contributed by atoms with Gasteiger partial charge in [0.2, 0.25) is 5.91 Å². The summed E-state index contributed by atoms with van der Waals surface area (Å²) in [7, 11) is 0. The molecule has 1 fully saturated rings. The summed E-state index contributed by atoms with van der Waals surface area (Å²) in [5, 5.41) is 9.27. The number of nitrogens with one attached hydrogen (secondary N) is 1. The number of anilines is 1. The summed E-state index contributed by atoms with van der Waals surface area (Å²) in [6.07, 6.45) is 1.71. The molecule has 0 bridgehead atoms. The number of hydrogen-bond acceptors (Lipinski definition) is 5. The van der Waals surface area contributed by atoms with Gasteiger partial charge in [0.05, 0.1) is 32.5 Å². The van der Waals surface area contributed by atoms with Crippen LogP contribution >= 0.6 is 11.3 Å². The topological polar surface area (TPSA) is 59.4 Å². The fraction of sp³-hybridized carbons (Fsp3) is 0.467. The Kier molecular flexibility index (Phi) is 4.87. The molecule has 22 heavy (non-hydrogen) atoms. The van der Waals surface area contributed by atoms with Gasteiger partial charge in [-0.3, -0.25) is 9.69 Å². The zero-order chi connectivity index (χ0) is 15.4. The minimum Gasteiger partial charge on any atom is -0.379 e. The number of rotatable bonds is 5. The van der Waals surface area contributed by atoms with Gasteiger partial charge in [0.25, 0.3) is 0 Å². The Morgan fingerprint density at radius 1 is 1.55 bits per heavy atom. The molecule has 118 valence electrons. The summed E-state index contributed by atoms with van der Waals surface area (Å²) in [5.41, 5.74) is 0. The number of aromatic nitrogens is 2. The number of carbonyl (C=O) groups excluding carboxylic acids is 1. The highest BCUT2D eigenvalue weighted by Gasteiger charge is 2.21. The van der Waals surface area contributed by atoms with Crippen molar-refractivity contribution < 1.29 is 9.53 Å². The van der Waals surface area contributed by atoms with Crippen LogP contribution in [-0.4, -0.2) is 52.9 Å². The molecular formula is C15H20N4O2S. The number of nitrogens with zero attached hydrogens (tertiary/aromatic N) is 3. The van der Waals surface area contributed by atoms with E-state index in [0.29, 0.717) is 26.3 Å². The van der Waals surface area contributed by atoms with Crippen molar-refractivity contribution in [1.29, 1.82) is 0 Å². The van der Waals surface area contributed by atoms with Crippen LogP contribution in [0.25, 0.3) is 0 Å². The molecule has 3 rings (SSSR count). The average molecular weight is 320 g/mol. The van der Waals surface area contributed by atoms with Gasteiger partial charge in [-0.2, -0.15) is 5.10 Å². The van der Waals surface area contributed by atoms with Gasteiger partial charge in [0, 0.05) is 23.5 Å². The van der Waals surface area contributed by atoms with Crippen LogP contribution in [0.2, 0.25) is 0 Å². The van der Waals surface area contributed by atoms with Gasteiger partial charge in [-0.1, -0.05) is 6.07 Å². The lowest BCUT2D eigenvalue weighted by molar-refractivity contribution is -0.119. The highest BCUT2D eigenvalue weighted by Crippen LogP contribution is 2.14. The van der Waals surface area contributed by atoms with Crippen molar-refractivity contribution in [2.75, 3.05) is 31.6 Å². The van der Waals surface area contributed by atoms with E-state index < -0.39 is 0 Å². The zero-order valence-corrected chi connectivity index (χ0v) is 13.4. The van der Waals surface area contributed by atoms with Gasteiger partial charge in [-0.25, -0.2) is 4.68 Å². The van der Waals surface area contributed by atoms with Crippen LogP contribution in [-0.2, 0) is 16.1 Å². The van der Waals surface area contributed by atoms with Crippen LogP contribution in [0, 0.1) is 0 Å². The highest BCUT2D eigenvalue weighted by molar-refractivity contribution is 7.09. The Bertz CT molecular complexity index is 611. The summed E-state index contributed by atoms with van der Waals surface area (Å²) >= 11 is 1.68. The Balaban J connectivity index is 1.58. The second-order valence-electron chi connectivity index (χ2n) is 5.40. The van der Waals surface area contributed by atoms with E-state index in [4.69, 9.17) is 4.74 Å². The molecule has 0 unspecified atom stereocenters. The monoisotopic (exact) mass is 320 g/mol. The average Bonchev–Trinajstić information content (AvgIpc) is 3.15. The molecule has 2 aromatic rings. The van der Waals surface area contributed by atoms with E-state index in [1.54, 1.807) is 17.5 Å². The van der Waals surface area contributed by atoms with Crippen molar-refractivity contribution in [2.45, 2.75) is 19.5 Å². The third-order valence-electron chi connectivity index (χ3n) is 3.72. The lowest BCUT2D eigenvalue weighted by Gasteiger charge is -2.32. The minimum atomic E-state index is -0.0123. The number of thiophene rings is 1. The first-order valence-electron chi connectivity index (χ1n) is 7.38. The number of ether oxygens (including phenoxy) is 1. The smallest absolute Gasteiger partial charge is 0.239 e. The fourth-order valence-corrected chi connectivity index (χ4v) is 3.16. The standard InChI is InChI=1S/C15H20N4O2S/c1-12-11-21-7-6-18(12)10-15(20)17-14-4-5-16-19(14)9-13-3-2-8-22-13/h2-5,8,12H,6-7,9-11H2,1H3,(H,17,20)/t12-/m0/s1. The predicted molar refractivity (Wildman–Crippen MR) is 86.1 cm³/mol. The maximum atomic E-state index is 12.2. The third kappa shape index (κ3) is 3.73. The molecule has 1 saturated heterocycles. The van der Waals surface area contributed by atoms with Gasteiger partial charge in [0.15, 0.2) is 0 Å². The van der Waals surface area contributed by atoms with E-state index in [2.05, 4.69) is 28.3 Å². The van der Waals surface area contributed by atoms with Gasteiger partial charge >= 0.3 is 0 Å². The minimum absolute atomic E-state index is 0.0123. The normalized spacial score (nSPS) is 19.2. The van der Waals surface area contributed by atoms with E-state index in [0.717, 1.165) is 12.4 Å². The second-order valence-corrected chi connectivity index (χ2v) is 6.43.